The zero-order valence-electron chi connectivity index (χ0n) is 28.9. The summed E-state index contributed by atoms with van der Waals surface area (Å²) in [6, 6.07) is 0.177. The molecule has 7 nitrogen and oxygen atoms in total. The molecule has 0 bridgehead atoms. The third-order valence-corrected chi connectivity index (χ3v) is 15.6. The van der Waals surface area contributed by atoms with Crippen molar-refractivity contribution in [1.29, 1.82) is 0 Å². The van der Waals surface area contributed by atoms with Crippen LogP contribution in [0.25, 0.3) is 0 Å². The SMILES string of the molecule is CCC(CC)N1CCOC(OC2CCC34CC35CCC3(C)C6CCC(C(N)C(C)(C)O)OC6C(O)C3C5CCC4C2(C)C)C1. The van der Waals surface area contributed by atoms with Gasteiger partial charge in [-0.1, -0.05) is 34.6 Å². The summed E-state index contributed by atoms with van der Waals surface area (Å²) in [6.45, 7) is 18.3. The van der Waals surface area contributed by atoms with Crippen LogP contribution in [0.4, 0.5) is 0 Å². The molecule has 0 aromatic carbocycles. The predicted molar refractivity (Wildman–Crippen MR) is 172 cm³/mol. The quantitative estimate of drug-likeness (QED) is 0.348. The molecular formula is C37H64N2O5. The molecule has 2 spiro atoms. The van der Waals surface area contributed by atoms with Crippen molar-refractivity contribution < 1.29 is 24.4 Å². The molecule has 4 N–H and O–H groups in total. The van der Waals surface area contributed by atoms with E-state index in [9.17, 15) is 10.2 Å². The van der Waals surface area contributed by atoms with Crippen molar-refractivity contribution in [3.63, 3.8) is 0 Å². The van der Waals surface area contributed by atoms with Crippen LogP contribution in [0.3, 0.4) is 0 Å². The molecule has 0 aromatic rings. The first-order chi connectivity index (χ1) is 20.7. The van der Waals surface area contributed by atoms with Crippen LogP contribution in [0.2, 0.25) is 0 Å². The summed E-state index contributed by atoms with van der Waals surface area (Å²) in [6.07, 6.45) is 12.3. The van der Waals surface area contributed by atoms with Crippen LogP contribution < -0.4 is 5.73 Å². The average molecular weight is 617 g/mol. The Morgan fingerprint density at radius 1 is 0.977 bits per heavy atom. The van der Waals surface area contributed by atoms with Gasteiger partial charge in [0, 0.05) is 19.1 Å². The lowest BCUT2D eigenvalue weighted by Crippen LogP contribution is -2.57. The summed E-state index contributed by atoms with van der Waals surface area (Å²) < 4.78 is 19.9. The lowest BCUT2D eigenvalue weighted by atomic mass is 9.46. The van der Waals surface area contributed by atoms with Crippen molar-refractivity contribution in [3.05, 3.63) is 0 Å². The number of ether oxygens (including phenoxy) is 3. The Kier molecular flexibility index (Phi) is 7.97. The summed E-state index contributed by atoms with van der Waals surface area (Å²) in [4.78, 5) is 2.60. The molecule has 13 atom stereocenters. The van der Waals surface area contributed by atoms with E-state index < -0.39 is 17.7 Å². The lowest BCUT2D eigenvalue weighted by molar-refractivity contribution is -0.248. The Labute approximate surface area is 267 Å². The van der Waals surface area contributed by atoms with Gasteiger partial charge in [-0.2, -0.15) is 0 Å². The van der Waals surface area contributed by atoms with Gasteiger partial charge in [-0.25, -0.2) is 0 Å². The standard InChI is InChI=1S/C37H64N2O5/c1-8-22(9-2)39-18-19-42-28(20-39)44-27-14-15-37-21-36(37)17-16-35(7)24-10-12-25(32(38)34(5,6)41)43-31(24)30(40)29(35)23(36)11-13-26(37)33(27,3)4/h22-32,40-41H,8-21,38H2,1-7H3. The Bertz CT molecular complexity index is 1070. The maximum Gasteiger partial charge on any atom is 0.170 e. The summed E-state index contributed by atoms with van der Waals surface area (Å²) >= 11 is 0. The van der Waals surface area contributed by atoms with E-state index in [1.165, 1.54) is 51.4 Å². The number of hydrogen-bond acceptors (Lipinski definition) is 7. The highest BCUT2D eigenvalue weighted by Gasteiger charge is 2.81. The van der Waals surface area contributed by atoms with Crippen molar-refractivity contribution >= 4 is 0 Å². The van der Waals surface area contributed by atoms with Crippen molar-refractivity contribution in [2.45, 2.75) is 167 Å². The van der Waals surface area contributed by atoms with Crippen molar-refractivity contribution in [1.82, 2.24) is 4.90 Å². The van der Waals surface area contributed by atoms with Crippen LogP contribution in [-0.4, -0.2) is 83.2 Å². The largest absolute Gasteiger partial charge is 0.390 e. The van der Waals surface area contributed by atoms with E-state index in [-0.39, 0.29) is 35.4 Å². The highest BCUT2D eigenvalue weighted by molar-refractivity contribution is 5.30. The minimum Gasteiger partial charge on any atom is -0.390 e. The Morgan fingerprint density at radius 2 is 1.70 bits per heavy atom. The van der Waals surface area contributed by atoms with E-state index in [0.29, 0.717) is 40.5 Å². The molecular weight excluding hydrogens is 552 g/mol. The Hall–Kier alpha value is -0.280. The number of morpholine rings is 1. The molecule has 2 saturated heterocycles. The number of nitrogens with zero attached hydrogens (tertiary/aromatic N) is 1. The van der Waals surface area contributed by atoms with Crippen LogP contribution in [0.1, 0.15) is 119 Å². The van der Waals surface area contributed by atoms with Crippen LogP contribution >= 0.6 is 0 Å². The Morgan fingerprint density at radius 3 is 2.41 bits per heavy atom. The maximum absolute atomic E-state index is 12.1. The van der Waals surface area contributed by atoms with Gasteiger partial charge in [0.2, 0.25) is 0 Å². The minimum atomic E-state index is -0.994. The van der Waals surface area contributed by atoms with Gasteiger partial charge in [-0.3, -0.25) is 4.90 Å². The predicted octanol–water partition coefficient (Wildman–Crippen LogP) is 5.49. The van der Waals surface area contributed by atoms with E-state index >= 15 is 0 Å². The summed E-state index contributed by atoms with van der Waals surface area (Å²) in [7, 11) is 0. The van der Waals surface area contributed by atoms with Crippen LogP contribution in [0.15, 0.2) is 0 Å². The molecule has 44 heavy (non-hydrogen) atoms. The molecule has 5 aliphatic carbocycles. The lowest BCUT2D eigenvalue weighted by Gasteiger charge is -2.60. The highest BCUT2D eigenvalue weighted by atomic mass is 16.7. The molecule has 0 aromatic heterocycles. The molecule has 7 rings (SSSR count). The third kappa shape index (κ3) is 4.52. The van der Waals surface area contributed by atoms with Gasteiger partial charge >= 0.3 is 0 Å². The van der Waals surface area contributed by atoms with Crippen LogP contribution in [-0.2, 0) is 14.2 Å². The zero-order valence-corrected chi connectivity index (χ0v) is 28.9. The monoisotopic (exact) mass is 616 g/mol. The molecule has 5 saturated carbocycles. The van der Waals surface area contributed by atoms with Crippen LogP contribution in [0, 0.1) is 45.3 Å². The van der Waals surface area contributed by atoms with Crippen molar-refractivity contribution in [3.8, 4) is 0 Å². The van der Waals surface area contributed by atoms with Crippen LogP contribution in [0.5, 0.6) is 0 Å². The number of nitrogens with two attached hydrogens (primary N) is 1. The van der Waals surface area contributed by atoms with Gasteiger partial charge in [0.05, 0.1) is 42.7 Å². The molecule has 0 amide bonds. The number of rotatable bonds is 7. The minimum absolute atomic E-state index is 0.111. The molecule has 7 fully saturated rings. The zero-order chi connectivity index (χ0) is 31.4. The molecule has 2 heterocycles. The topological polar surface area (TPSA) is 97.4 Å². The molecule has 2 aliphatic heterocycles. The molecule has 13 unspecified atom stereocenters. The normalized spacial score (nSPS) is 50.7. The second-order valence-corrected chi connectivity index (χ2v) is 18.0. The number of aliphatic hydroxyl groups is 2. The number of hydrogen-bond donors (Lipinski definition) is 3. The number of aliphatic hydroxyl groups excluding tert-OH is 1. The van der Waals surface area contributed by atoms with Gasteiger partial charge in [0.1, 0.15) is 0 Å². The molecule has 0 radical (unpaired) electrons. The highest BCUT2D eigenvalue weighted by Crippen LogP contribution is 2.87. The Balaban J connectivity index is 1.07. The van der Waals surface area contributed by atoms with E-state index in [2.05, 4.69) is 39.5 Å². The van der Waals surface area contributed by atoms with Gasteiger partial charge in [-0.05, 0) is 130 Å². The summed E-state index contributed by atoms with van der Waals surface area (Å²) in [5, 5.41) is 22.7. The first kappa shape index (κ1) is 32.3. The molecule has 7 aliphatic rings. The third-order valence-electron chi connectivity index (χ3n) is 15.6. The van der Waals surface area contributed by atoms with E-state index in [1.54, 1.807) is 13.8 Å². The fourth-order valence-electron chi connectivity index (χ4n) is 13.3. The smallest absolute Gasteiger partial charge is 0.170 e. The second kappa shape index (κ2) is 10.9. The van der Waals surface area contributed by atoms with E-state index in [1.807, 2.05) is 0 Å². The van der Waals surface area contributed by atoms with Gasteiger partial charge in [-0.15, -0.1) is 0 Å². The fourth-order valence-corrected chi connectivity index (χ4v) is 13.3. The second-order valence-electron chi connectivity index (χ2n) is 18.0. The first-order valence-electron chi connectivity index (χ1n) is 18.6. The fraction of sp³-hybridized carbons (Fsp3) is 1.00. The summed E-state index contributed by atoms with van der Waals surface area (Å²) in [5.41, 5.74) is 6.49. The van der Waals surface area contributed by atoms with Crippen molar-refractivity contribution in [2.75, 3.05) is 19.7 Å². The van der Waals surface area contributed by atoms with E-state index in [0.717, 1.165) is 39.0 Å². The van der Waals surface area contributed by atoms with Gasteiger partial charge < -0.3 is 30.2 Å². The van der Waals surface area contributed by atoms with Crippen molar-refractivity contribution in [2.24, 2.45) is 51.1 Å². The number of fused-ring (bicyclic) bond motifs is 4. The molecule has 7 heteroatoms. The van der Waals surface area contributed by atoms with Gasteiger partial charge in [0.25, 0.3) is 0 Å². The average Bonchev–Trinajstić information content (AvgIpc) is 3.60. The maximum atomic E-state index is 12.1. The van der Waals surface area contributed by atoms with Gasteiger partial charge in [0.15, 0.2) is 6.29 Å². The first-order valence-corrected chi connectivity index (χ1v) is 18.6. The molecule has 252 valence electrons. The van der Waals surface area contributed by atoms with E-state index in [4.69, 9.17) is 19.9 Å². The summed E-state index contributed by atoms with van der Waals surface area (Å²) in [5.74, 6) is 1.92.